The zero-order valence-electron chi connectivity index (χ0n) is 22.0. The summed E-state index contributed by atoms with van der Waals surface area (Å²) in [5.74, 6) is -0.531. The first-order valence-corrected chi connectivity index (χ1v) is 12.8. The van der Waals surface area contributed by atoms with E-state index in [0.29, 0.717) is 27.9 Å². The van der Waals surface area contributed by atoms with Crippen LogP contribution in [0.3, 0.4) is 0 Å². The molecule has 1 aliphatic heterocycles. The molecule has 5 aromatic rings. The number of fused-ring (bicyclic) bond motifs is 2. The van der Waals surface area contributed by atoms with Crippen molar-refractivity contribution in [2.24, 2.45) is 5.73 Å². The molecule has 1 amide bonds. The van der Waals surface area contributed by atoms with Gasteiger partial charge in [0.2, 0.25) is 11.5 Å². The van der Waals surface area contributed by atoms with E-state index in [9.17, 15) is 27.5 Å². The molecule has 4 heterocycles. The van der Waals surface area contributed by atoms with Crippen molar-refractivity contribution < 1.29 is 32.2 Å². The summed E-state index contributed by atoms with van der Waals surface area (Å²) in [6.45, 7) is 1.80. The van der Waals surface area contributed by atoms with Gasteiger partial charge in [-0.1, -0.05) is 6.07 Å². The zero-order valence-corrected chi connectivity index (χ0v) is 22.0. The van der Waals surface area contributed by atoms with Crippen LogP contribution in [-0.2, 0) is 17.4 Å². The van der Waals surface area contributed by atoms with E-state index < -0.39 is 41.0 Å². The zero-order chi connectivity index (χ0) is 29.9. The second kappa shape index (κ2) is 9.62. The Morgan fingerprint density at radius 3 is 2.52 bits per heavy atom. The van der Waals surface area contributed by atoms with Gasteiger partial charge < -0.3 is 20.6 Å². The normalized spacial score (nSPS) is 18.0. The smallest absolute Gasteiger partial charge is 0.423 e. The minimum atomic E-state index is -5.18. The molecule has 0 saturated carbocycles. The van der Waals surface area contributed by atoms with Crippen LogP contribution in [0.5, 0.6) is 5.75 Å². The fourth-order valence-electron chi connectivity index (χ4n) is 5.18. The lowest BCUT2D eigenvalue weighted by Gasteiger charge is -2.31. The maximum Gasteiger partial charge on any atom is 0.423 e. The summed E-state index contributed by atoms with van der Waals surface area (Å²) in [4.78, 5) is 27.4. The van der Waals surface area contributed by atoms with Gasteiger partial charge in [-0.15, -0.1) is 0 Å². The van der Waals surface area contributed by atoms with Gasteiger partial charge in [-0.25, -0.2) is 14.4 Å². The SMILES string of the molecule is C[C@]1(c2ncc[nH]2)COc2c1cc([C@@](O)(Cc1ccc3cc(C(N)=O)ccc3n1)C(F)(F)F)nc2-c1ccc(F)cc1. The standard InChI is InChI=1S/C30H23F4N5O3/c1-28(27-36-10-11-37-27)15-42-25-21(28)13-23(39-24(25)16-2-6-19(31)7-3-16)29(41,30(32,33)34)14-20-8-4-17-12-18(26(35)40)5-9-22(17)38-20/h2-13,41H,14-15H2,1H3,(H2,35,40)(H,36,37)/t28-,29-/m0/s1. The lowest BCUT2D eigenvalue weighted by atomic mass is 9.81. The van der Waals surface area contributed by atoms with Crippen LogP contribution in [0, 0.1) is 5.82 Å². The van der Waals surface area contributed by atoms with Gasteiger partial charge in [-0.05, 0) is 61.5 Å². The van der Waals surface area contributed by atoms with E-state index in [-0.39, 0.29) is 29.3 Å². The molecule has 12 heteroatoms. The molecule has 3 aromatic heterocycles. The van der Waals surface area contributed by atoms with Crippen LogP contribution in [0.4, 0.5) is 17.6 Å². The number of carbonyl (C=O) groups is 1. The summed E-state index contributed by atoms with van der Waals surface area (Å²) in [6.07, 6.45) is -3.03. The van der Waals surface area contributed by atoms with E-state index >= 15 is 0 Å². The largest absolute Gasteiger partial charge is 0.490 e. The molecule has 0 aliphatic carbocycles. The molecule has 6 rings (SSSR count). The number of amides is 1. The molecule has 0 saturated heterocycles. The van der Waals surface area contributed by atoms with E-state index in [1.54, 1.807) is 13.1 Å². The predicted octanol–water partition coefficient (Wildman–Crippen LogP) is 4.95. The Morgan fingerprint density at radius 2 is 1.86 bits per heavy atom. The number of aliphatic hydroxyl groups is 1. The number of hydrogen-bond donors (Lipinski definition) is 3. The first-order chi connectivity index (χ1) is 19.9. The summed E-state index contributed by atoms with van der Waals surface area (Å²) in [7, 11) is 0. The highest BCUT2D eigenvalue weighted by atomic mass is 19.4. The minimum absolute atomic E-state index is 0.0194. The van der Waals surface area contributed by atoms with Crippen molar-refractivity contribution in [1.29, 1.82) is 0 Å². The molecular formula is C30H23F4N5O3. The molecule has 0 fully saturated rings. The van der Waals surface area contributed by atoms with Crippen LogP contribution in [0.25, 0.3) is 22.2 Å². The van der Waals surface area contributed by atoms with Crippen LogP contribution in [0.2, 0.25) is 0 Å². The van der Waals surface area contributed by atoms with Gasteiger partial charge in [0.1, 0.15) is 29.7 Å². The molecule has 0 bridgehead atoms. The minimum Gasteiger partial charge on any atom is -0.490 e. The number of nitrogens with one attached hydrogen (secondary N) is 1. The third-order valence-electron chi connectivity index (χ3n) is 7.57. The molecule has 1 aliphatic rings. The number of aromatic nitrogens is 4. The number of benzene rings is 2. The number of primary amides is 1. The quantitative estimate of drug-likeness (QED) is 0.245. The van der Waals surface area contributed by atoms with Crippen molar-refractivity contribution >= 4 is 16.8 Å². The topological polar surface area (TPSA) is 127 Å². The Hall–Kier alpha value is -4.84. The fraction of sp³-hybridized carbons (Fsp3) is 0.200. The van der Waals surface area contributed by atoms with Gasteiger partial charge in [0.05, 0.1) is 16.6 Å². The third-order valence-corrected chi connectivity index (χ3v) is 7.57. The molecule has 4 N–H and O–H groups in total. The average Bonchev–Trinajstić information content (AvgIpc) is 3.62. The van der Waals surface area contributed by atoms with Crippen molar-refractivity contribution in [2.75, 3.05) is 6.61 Å². The maximum absolute atomic E-state index is 14.9. The Morgan fingerprint density at radius 1 is 1.10 bits per heavy atom. The highest BCUT2D eigenvalue weighted by Gasteiger charge is 2.57. The number of pyridine rings is 2. The van der Waals surface area contributed by atoms with E-state index in [1.807, 2.05) is 0 Å². The van der Waals surface area contributed by atoms with Gasteiger partial charge in [0.25, 0.3) is 0 Å². The van der Waals surface area contributed by atoms with Crippen molar-refractivity contribution in [1.82, 2.24) is 19.9 Å². The molecule has 0 spiro atoms. The number of imidazole rings is 1. The molecule has 2 atom stereocenters. The Balaban J connectivity index is 1.52. The summed E-state index contributed by atoms with van der Waals surface area (Å²) in [5.41, 5.74) is 1.29. The van der Waals surface area contributed by atoms with Crippen molar-refractivity contribution in [3.05, 3.63) is 107 Å². The van der Waals surface area contributed by atoms with Crippen LogP contribution >= 0.6 is 0 Å². The Kier molecular flexibility index (Phi) is 6.26. The number of carbonyl (C=O) groups excluding carboxylic acids is 1. The van der Waals surface area contributed by atoms with E-state index in [2.05, 4.69) is 19.9 Å². The van der Waals surface area contributed by atoms with Gasteiger partial charge in [-0.2, -0.15) is 13.2 Å². The monoisotopic (exact) mass is 577 g/mol. The number of alkyl halides is 3. The van der Waals surface area contributed by atoms with Gasteiger partial charge in [0, 0.05) is 46.6 Å². The van der Waals surface area contributed by atoms with Gasteiger partial charge in [-0.3, -0.25) is 9.78 Å². The summed E-state index contributed by atoms with van der Waals surface area (Å²) in [6, 6.07) is 13.5. The molecular weight excluding hydrogens is 554 g/mol. The first-order valence-electron chi connectivity index (χ1n) is 12.8. The fourth-order valence-corrected chi connectivity index (χ4v) is 5.18. The highest BCUT2D eigenvalue weighted by molar-refractivity contribution is 5.96. The lowest BCUT2D eigenvalue weighted by molar-refractivity contribution is -0.268. The summed E-state index contributed by atoms with van der Waals surface area (Å²) in [5, 5.41) is 12.0. The number of halogens is 4. The van der Waals surface area contributed by atoms with Gasteiger partial charge in [0.15, 0.2) is 0 Å². The third kappa shape index (κ3) is 4.44. The summed E-state index contributed by atoms with van der Waals surface area (Å²) >= 11 is 0. The maximum atomic E-state index is 14.9. The van der Waals surface area contributed by atoms with E-state index in [1.165, 1.54) is 54.7 Å². The lowest BCUT2D eigenvalue weighted by Crippen LogP contribution is -2.45. The number of hydrogen-bond acceptors (Lipinski definition) is 6. The number of rotatable bonds is 6. The second-order valence-corrected chi connectivity index (χ2v) is 10.4. The Labute approximate surface area is 236 Å². The Bertz CT molecular complexity index is 1830. The number of nitrogens with zero attached hydrogens (tertiary/aromatic N) is 3. The molecule has 0 radical (unpaired) electrons. The van der Waals surface area contributed by atoms with E-state index in [0.717, 1.165) is 12.1 Å². The predicted molar refractivity (Wildman–Crippen MR) is 144 cm³/mol. The highest BCUT2D eigenvalue weighted by Crippen LogP contribution is 2.50. The van der Waals surface area contributed by atoms with Crippen LogP contribution in [0.1, 0.15) is 40.1 Å². The second-order valence-electron chi connectivity index (χ2n) is 10.4. The van der Waals surface area contributed by atoms with Gasteiger partial charge >= 0.3 is 6.18 Å². The van der Waals surface area contributed by atoms with Crippen LogP contribution < -0.4 is 10.5 Å². The first kappa shape index (κ1) is 27.3. The number of ether oxygens (including phenoxy) is 1. The number of H-pyrrole nitrogens is 1. The molecule has 8 nitrogen and oxygen atoms in total. The molecule has 214 valence electrons. The average molecular weight is 578 g/mol. The molecule has 42 heavy (non-hydrogen) atoms. The van der Waals surface area contributed by atoms with Crippen LogP contribution in [-0.4, -0.2) is 43.7 Å². The van der Waals surface area contributed by atoms with Crippen molar-refractivity contribution in [3.63, 3.8) is 0 Å². The van der Waals surface area contributed by atoms with Crippen LogP contribution in [0.15, 0.2) is 73.1 Å². The number of nitrogens with two attached hydrogens (primary N) is 1. The summed E-state index contributed by atoms with van der Waals surface area (Å²) < 4.78 is 64.3. The molecule has 0 unspecified atom stereocenters. The number of aromatic amines is 1. The van der Waals surface area contributed by atoms with E-state index in [4.69, 9.17) is 10.5 Å². The van der Waals surface area contributed by atoms with Crippen molar-refractivity contribution in [3.8, 4) is 17.0 Å². The molecule has 2 aromatic carbocycles. The van der Waals surface area contributed by atoms with Crippen molar-refractivity contribution in [2.45, 2.75) is 30.5 Å².